The fourth-order valence-corrected chi connectivity index (χ4v) is 1.85. The topological polar surface area (TPSA) is 103 Å². The molecule has 1 heterocycles. The number of hydrogen-bond acceptors (Lipinski definition) is 5. The van der Waals surface area contributed by atoms with E-state index in [1.165, 1.54) is 10.7 Å². The Morgan fingerprint density at radius 2 is 2.14 bits per heavy atom. The maximum Gasteiger partial charge on any atom is 0.259 e. The Kier molecular flexibility index (Phi) is 4.66. The highest BCUT2D eigenvalue weighted by atomic mass is 35.5. The molecule has 21 heavy (non-hydrogen) atoms. The molecule has 8 heteroatoms. The van der Waals surface area contributed by atoms with E-state index >= 15 is 0 Å². The molecule has 3 N–H and O–H groups in total. The molecule has 0 aliphatic rings. The molecule has 7 nitrogen and oxygen atoms in total. The predicted molar refractivity (Wildman–Crippen MR) is 76.5 cm³/mol. The first kappa shape index (κ1) is 15.1. The summed E-state index contributed by atoms with van der Waals surface area (Å²) in [7, 11) is 0. The number of nitrogens with two attached hydrogens (primary N) is 1. The molecule has 0 fully saturated rings. The Labute approximate surface area is 126 Å². The highest BCUT2D eigenvalue weighted by Gasteiger charge is 2.14. The van der Waals surface area contributed by atoms with Crippen LogP contribution in [0, 0.1) is 0 Å². The normalized spacial score (nSPS) is 12.0. The van der Waals surface area contributed by atoms with Crippen LogP contribution in [-0.2, 0) is 11.3 Å². The van der Waals surface area contributed by atoms with Crippen molar-refractivity contribution in [1.82, 2.24) is 20.3 Å². The van der Waals surface area contributed by atoms with Gasteiger partial charge in [0, 0.05) is 6.04 Å². The molecule has 0 bridgehead atoms. The third kappa shape index (κ3) is 3.87. The molecule has 0 spiro atoms. The number of halogens is 1. The third-order valence-electron chi connectivity index (χ3n) is 2.70. The molecule has 0 aliphatic heterocycles. The van der Waals surface area contributed by atoms with Crippen molar-refractivity contribution < 1.29 is 9.59 Å². The molecule has 0 saturated heterocycles. The molecule has 1 atom stereocenters. The fraction of sp³-hybridized carbons (Fsp3) is 0.231. The molecule has 2 aromatic rings. The van der Waals surface area contributed by atoms with Gasteiger partial charge in [0.15, 0.2) is 0 Å². The summed E-state index contributed by atoms with van der Waals surface area (Å²) in [5.74, 6) is -1.07. The summed E-state index contributed by atoms with van der Waals surface area (Å²) in [5.41, 5.74) is 6.45. The van der Waals surface area contributed by atoms with E-state index in [2.05, 4.69) is 15.6 Å². The van der Waals surface area contributed by atoms with Crippen molar-refractivity contribution in [3.8, 4) is 0 Å². The lowest BCUT2D eigenvalue weighted by Gasteiger charge is -2.05. The van der Waals surface area contributed by atoms with E-state index in [0.29, 0.717) is 5.69 Å². The lowest BCUT2D eigenvalue weighted by Crippen LogP contribution is -2.33. The summed E-state index contributed by atoms with van der Waals surface area (Å²) in [5, 5.41) is 10.1. The lowest BCUT2D eigenvalue weighted by atomic mass is 10.2. The smallest absolute Gasteiger partial charge is 0.259 e. The highest BCUT2D eigenvalue weighted by Crippen LogP contribution is 2.14. The summed E-state index contributed by atoms with van der Waals surface area (Å²) in [6.45, 7) is 1.63. The van der Waals surface area contributed by atoms with Crippen LogP contribution >= 0.6 is 11.6 Å². The number of rotatable bonds is 4. The number of carbonyl (C=O) groups is 2. The number of carbonyl (C=O) groups excluding carboxylic acids is 2. The highest BCUT2D eigenvalue weighted by molar-refractivity contribution is 6.34. The number of imide groups is 1. The molecule has 0 radical (unpaired) electrons. The van der Waals surface area contributed by atoms with Crippen LogP contribution in [0.5, 0.6) is 0 Å². The zero-order valence-corrected chi connectivity index (χ0v) is 12.0. The summed E-state index contributed by atoms with van der Waals surface area (Å²) in [6.07, 6.45) is 1.56. The first-order valence-corrected chi connectivity index (χ1v) is 6.59. The molecular formula is C13H14ClN5O2. The Hall–Kier alpha value is -2.25. The van der Waals surface area contributed by atoms with Crippen LogP contribution < -0.4 is 11.1 Å². The lowest BCUT2D eigenvalue weighted by molar-refractivity contribution is -0.120. The number of benzene rings is 1. The van der Waals surface area contributed by atoms with Gasteiger partial charge >= 0.3 is 0 Å². The summed E-state index contributed by atoms with van der Waals surface area (Å²) in [4.78, 5) is 23.7. The molecule has 110 valence electrons. The predicted octanol–water partition coefficient (Wildman–Crippen LogP) is 0.908. The Balaban J connectivity index is 1.98. The van der Waals surface area contributed by atoms with Crippen LogP contribution in [0.25, 0.3) is 0 Å². The maximum absolute atomic E-state index is 11.9. The van der Waals surface area contributed by atoms with Crippen molar-refractivity contribution in [1.29, 1.82) is 0 Å². The molecule has 1 aromatic heterocycles. The van der Waals surface area contributed by atoms with Gasteiger partial charge in [0.1, 0.15) is 6.54 Å². The zero-order valence-electron chi connectivity index (χ0n) is 11.3. The zero-order chi connectivity index (χ0) is 15.4. The largest absolute Gasteiger partial charge is 0.323 e. The second kappa shape index (κ2) is 6.47. The molecule has 2 amide bonds. The van der Waals surface area contributed by atoms with E-state index in [0.717, 1.165) is 0 Å². The van der Waals surface area contributed by atoms with Gasteiger partial charge in [-0.1, -0.05) is 28.9 Å². The van der Waals surface area contributed by atoms with Gasteiger partial charge in [-0.05, 0) is 19.1 Å². The Bertz CT molecular complexity index is 668. The van der Waals surface area contributed by atoms with Gasteiger partial charge in [-0.25, -0.2) is 4.68 Å². The minimum atomic E-state index is -0.557. The van der Waals surface area contributed by atoms with E-state index < -0.39 is 11.8 Å². The average molecular weight is 308 g/mol. The number of hydrogen-bond donors (Lipinski definition) is 2. The van der Waals surface area contributed by atoms with Crippen molar-refractivity contribution in [2.75, 3.05) is 0 Å². The van der Waals surface area contributed by atoms with Gasteiger partial charge in [-0.2, -0.15) is 0 Å². The van der Waals surface area contributed by atoms with Crippen molar-refractivity contribution in [3.05, 3.63) is 46.7 Å². The molecule has 1 aromatic carbocycles. The van der Waals surface area contributed by atoms with Gasteiger partial charge < -0.3 is 5.73 Å². The molecule has 2 rings (SSSR count). The SMILES string of the molecule is CC(N)c1cn(CC(=O)NC(=O)c2ccccc2Cl)nn1. The summed E-state index contributed by atoms with van der Waals surface area (Å²) >= 11 is 5.89. The average Bonchev–Trinajstić information content (AvgIpc) is 2.87. The first-order chi connectivity index (χ1) is 9.97. The molecular weight excluding hydrogens is 294 g/mol. The van der Waals surface area contributed by atoms with E-state index in [1.807, 2.05) is 0 Å². The van der Waals surface area contributed by atoms with Crippen molar-refractivity contribution in [3.63, 3.8) is 0 Å². The first-order valence-electron chi connectivity index (χ1n) is 6.21. The van der Waals surface area contributed by atoms with Crippen LogP contribution in [0.15, 0.2) is 30.5 Å². The summed E-state index contributed by atoms with van der Waals surface area (Å²) < 4.78 is 1.31. The van der Waals surface area contributed by atoms with Crippen molar-refractivity contribution in [2.45, 2.75) is 19.5 Å². The van der Waals surface area contributed by atoms with E-state index in [9.17, 15) is 9.59 Å². The van der Waals surface area contributed by atoms with Gasteiger partial charge in [0.25, 0.3) is 5.91 Å². The van der Waals surface area contributed by atoms with Crippen LogP contribution in [0.4, 0.5) is 0 Å². The van der Waals surface area contributed by atoms with E-state index in [1.54, 1.807) is 31.3 Å². The quantitative estimate of drug-likeness (QED) is 0.874. The van der Waals surface area contributed by atoms with Gasteiger partial charge in [0.05, 0.1) is 22.5 Å². The van der Waals surface area contributed by atoms with E-state index in [4.69, 9.17) is 17.3 Å². The van der Waals surface area contributed by atoms with Gasteiger partial charge in [0.2, 0.25) is 5.91 Å². The third-order valence-corrected chi connectivity index (χ3v) is 3.03. The standard InChI is InChI=1S/C13H14ClN5O2/c1-8(15)11-6-19(18-17-11)7-12(20)16-13(21)9-4-2-3-5-10(9)14/h2-6,8H,7,15H2,1H3,(H,16,20,21). The minimum Gasteiger partial charge on any atom is -0.323 e. The van der Waals surface area contributed by atoms with Crippen LogP contribution in [0.2, 0.25) is 5.02 Å². The molecule has 1 unspecified atom stereocenters. The number of aromatic nitrogens is 3. The Morgan fingerprint density at radius 1 is 1.43 bits per heavy atom. The fourth-order valence-electron chi connectivity index (χ4n) is 1.63. The second-order valence-corrected chi connectivity index (χ2v) is 4.89. The van der Waals surface area contributed by atoms with Crippen LogP contribution in [0.1, 0.15) is 29.0 Å². The van der Waals surface area contributed by atoms with Gasteiger partial charge in [-0.15, -0.1) is 5.10 Å². The maximum atomic E-state index is 11.9. The van der Waals surface area contributed by atoms with Crippen molar-refractivity contribution >= 4 is 23.4 Å². The number of nitrogens with zero attached hydrogens (tertiary/aromatic N) is 3. The Morgan fingerprint density at radius 3 is 2.76 bits per heavy atom. The number of amides is 2. The second-order valence-electron chi connectivity index (χ2n) is 4.49. The molecule has 0 saturated carbocycles. The monoisotopic (exact) mass is 307 g/mol. The van der Waals surface area contributed by atoms with Crippen LogP contribution in [0.3, 0.4) is 0 Å². The van der Waals surface area contributed by atoms with Crippen molar-refractivity contribution in [2.24, 2.45) is 5.73 Å². The molecule has 0 aliphatic carbocycles. The van der Waals surface area contributed by atoms with Gasteiger partial charge in [-0.3, -0.25) is 14.9 Å². The minimum absolute atomic E-state index is 0.129. The van der Waals surface area contributed by atoms with Crippen LogP contribution in [-0.4, -0.2) is 26.8 Å². The number of nitrogens with one attached hydrogen (secondary N) is 1. The van der Waals surface area contributed by atoms with E-state index in [-0.39, 0.29) is 23.2 Å². The summed E-state index contributed by atoms with van der Waals surface area (Å²) in [6, 6.07) is 6.21.